The van der Waals surface area contributed by atoms with Crippen molar-refractivity contribution in [3.63, 3.8) is 0 Å². The number of amides is 1. The van der Waals surface area contributed by atoms with E-state index in [9.17, 15) is 4.79 Å². The summed E-state index contributed by atoms with van der Waals surface area (Å²) in [4.78, 5) is 27.5. The summed E-state index contributed by atoms with van der Waals surface area (Å²) in [6.07, 6.45) is 10.2. The number of nitrogens with zero attached hydrogens (tertiary/aromatic N) is 4. The summed E-state index contributed by atoms with van der Waals surface area (Å²) in [7, 11) is 1.70. The topological polar surface area (TPSA) is 84.2 Å². The molecular weight excluding hydrogens is 306 g/mol. The molecular formula is C17H23N5O2. The van der Waals surface area contributed by atoms with Crippen LogP contribution in [-0.2, 0) is 17.8 Å². The first-order chi connectivity index (χ1) is 11.6. The number of likely N-dealkylation sites (N-methyl/N-ethyl adjacent to an activating group) is 1. The summed E-state index contributed by atoms with van der Waals surface area (Å²) in [6.45, 7) is 3.35. The Morgan fingerprint density at radius 1 is 1.42 bits per heavy atom. The highest BCUT2D eigenvalue weighted by molar-refractivity contribution is 5.87. The number of carbonyl (C=O) groups excluding carboxylic acids is 1. The van der Waals surface area contributed by atoms with Gasteiger partial charge in [0.2, 0.25) is 5.91 Å². The van der Waals surface area contributed by atoms with Gasteiger partial charge in [0.05, 0.1) is 11.4 Å². The lowest BCUT2D eigenvalue weighted by molar-refractivity contribution is -0.144. The lowest BCUT2D eigenvalue weighted by atomic mass is 9.78. The molecule has 0 saturated carbocycles. The normalized spacial score (nSPS) is 20.6. The molecule has 0 aliphatic carbocycles. The van der Waals surface area contributed by atoms with E-state index in [2.05, 4.69) is 25.2 Å². The van der Waals surface area contributed by atoms with Gasteiger partial charge in [0.25, 0.3) is 0 Å². The first-order valence-corrected chi connectivity index (χ1v) is 8.27. The molecule has 2 aromatic rings. The lowest BCUT2D eigenvalue weighted by Gasteiger charge is -2.51. The maximum Gasteiger partial charge on any atom is 0.240 e. The molecule has 0 bridgehead atoms. The van der Waals surface area contributed by atoms with Gasteiger partial charge in [-0.25, -0.2) is 4.98 Å². The third-order valence-corrected chi connectivity index (χ3v) is 4.71. The smallest absolute Gasteiger partial charge is 0.240 e. The van der Waals surface area contributed by atoms with Gasteiger partial charge >= 0.3 is 0 Å². The van der Waals surface area contributed by atoms with E-state index in [1.54, 1.807) is 31.9 Å². The van der Waals surface area contributed by atoms with Gasteiger partial charge in [0, 0.05) is 45.7 Å². The van der Waals surface area contributed by atoms with Crippen LogP contribution in [0.15, 0.2) is 29.3 Å². The third-order valence-electron chi connectivity index (χ3n) is 4.71. The molecule has 1 atom stereocenters. The van der Waals surface area contributed by atoms with E-state index in [1.165, 1.54) is 0 Å². The summed E-state index contributed by atoms with van der Waals surface area (Å²) >= 11 is 0. The van der Waals surface area contributed by atoms with Crippen LogP contribution in [0.4, 0.5) is 0 Å². The Hall–Kier alpha value is -2.28. The quantitative estimate of drug-likeness (QED) is 0.828. The van der Waals surface area contributed by atoms with Crippen molar-refractivity contribution in [3.8, 4) is 0 Å². The molecule has 2 aromatic heterocycles. The number of hydrogen-bond donors (Lipinski definition) is 1. The maximum absolute atomic E-state index is 12.5. The lowest BCUT2D eigenvalue weighted by Crippen LogP contribution is -2.66. The number of likely N-dealkylation sites (tertiary alicyclic amines) is 1. The Kier molecular flexibility index (Phi) is 4.89. The van der Waals surface area contributed by atoms with Crippen LogP contribution >= 0.6 is 0 Å². The highest BCUT2D eigenvalue weighted by Gasteiger charge is 2.49. The number of rotatable bonds is 7. The monoisotopic (exact) mass is 329 g/mol. The van der Waals surface area contributed by atoms with Crippen molar-refractivity contribution in [1.29, 1.82) is 0 Å². The van der Waals surface area contributed by atoms with E-state index >= 15 is 0 Å². The SMILES string of the molecule is CNC(=O)[C@@]1(CCCc2cnccn2)CCN1Cc1coc(C)n1. The number of oxazole rings is 1. The van der Waals surface area contributed by atoms with Crippen molar-refractivity contribution in [1.82, 2.24) is 25.2 Å². The minimum absolute atomic E-state index is 0.0770. The van der Waals surface area contributed by atoms with E-state index in [0.29, 0.717) is 12.4 Å². The fraction of sp³-hybridized carbons (Fsp3) is 0.529. The molecule has 7 heteroatoms. The van der Waals surface area contributed by atoms with Crippen molar-refractivity contribution in [2.45, 2.75) is 44.7 Å². The number of aryl methyl sites for hydroxylation is 2. The second kappa shape index (κ2) is 7.09. The molecule has 1 aliphatic rings. The molecule has 1 fully saturated rings. The maximum atomic E-state index is 12.5. The van der Waals surface area contributed by atoms with Crippen LogP contribution in [0.25, 0.3) is 0 Å². The Labute approximate surface area is 141 Å². The van der Waals surface area contributed by atoms with Crippen molar-refractivity contribution < 1.29 is 9.21 Å². The van der Waals surface area contributed by atoms with Crippen molar-refractivity contribution in [2.24, 2.45) is 0 Å². The molecule has 0 radical (unpaired) electrons. The van der Waals surface area contributed by atoms with Crippen LogP contribution in [0.3, 0.4) is 0 Å². The zero-order valence-corrected chi connectivity index (χ0v) is 14.2. The van der Waals surface area contributed by atoms with Crippen molar-refractivity contribution in [2.75, 3.05) is 13.6 Å². The second-order valence-electron chi connectivity index (χ2n) is 6.19. The fourth-order valence-electron chi connectivity index (χ4n) is 3.35. The van der Waals surface area contributed by atoms with Gasteiger partial charge in [-0.05, 0) is 25.7 Å². The van der Waals surface area contributed by atoms with Gasteiger partial charge in [0.15, 0.2) is 5.89 Å². The summed E-state index contributed by atoms with van der Waals surface area (Å²) < 4.78 is 5.27. The highest BCUT2D eigenvalue weighted by atomic mass is 16.3. The van der Waals surface area contributed by atoms with Crippen LogP contribution in [0.1, 0.15) is 36.5 Å². The number of nitrogens with one attached hydrogen (secondary N) is 1. The highest BCUT2D eigenvalue weighted by Crippen LogP contribution is 2.37. The molecule has 1 N–H and O–H groups in total. The molecule has 128 valence electrons. The molecule has 0 unspecified atom stereocenters. The molecule has 24 heavy (non-hydrogen) atoms. The number of carbonyl (C=O) groups is 1. The molecule has 0 spiro atoms. The molecule has 1 saturated heterocycles. The van der Waals surface area contributed by atoms with Crippen LogP contribution < -0.4 is 5.32 Å². The van der Waals surface area contributed by atoms with E-state index < -0.39 is 5.54 Å². The molecule has 1 aliphatic heterocycles. The Morgan fingerprint density at radius 3 is 2.88 bits per heavy atom. The molecule has 3 rings (SSSR count). The Morgan fingerprint density at radius 2 is 2.29 bits per heavy atom. The average Bonchev–Trinajstić information content (AvgIpc) is 3.01. The summed E-state index contributed by atoms with van der Waals surface area (Å²) in [6, 6.07) is 0. The third kappa shape index (κ3) is 3.31. The van der Waals surface area contributed by atoms with E-state index in [-0.39, 0.29) is 5.91 Å². The van der Waals surface area contributed by atoms with Gasteiger partial charge in [-0.1, -0.05) is 0 Å². The van der Waals surface area contributed by atoms with Gasteiger partial charge in [-0.2, -0.15) is 0 Å². The van der Waals surface area contributed by atoms with Gasteiger partial charge in [-0.3, -0.25) is 19.7 Å². The van der Waals surface area contributed by atoms with Crippen molar-refractivity contribution in [3.05, 3.63) is 42.1 Å². The first-order valence-electron chi connectivity index (χ1n) is 8.27. The fourth-order valence-corrected chi connectivity index (χ4v) is 3.35. The summed E-state index contributed by atoms with van der Waals surface area (Å²) in [5.74, 6) is 0.729. The Bertz CT molecular complexity index is 687. The van der Waals surface area contributed by atoms with E-state index in [1.807, 2.05) is 6.92 Å². The van der Waals surface area contributed by atoms with Crippen LogP contribution in [-0.4, -0.2) is 44.9 Å². The molecule has 1 amide bonds. The minimum atomic E-state index is -0.455. The standard InChI is InChI=1S/C17H23N5O2/c1-13-21-15(12-24-13)11-22-9-6-17(22,16(23)18-2)5-3-4-14-10-19-7-8-20-14/h7-8,10,12H,3-6,9,11H2,1-2H3,(H,18,23)/t17-/m1/s1. The van der Waals surface area contributed by atoms with Crippen LogP contribution in [0.2, 0.25) is 0 Å². The zero-order chi connectivity index (χ0) is 17.0. The minimum Gasteiger partial charge on any atom is -0.449 e. The average molecular weight is 329 g/mol. The second-order valence-corrected chi connectivity index (χ2v) is 6.19. The predicted octanol–water partition coefficient (Wildman–Crippen LogP) is 1.49. The zero-order valence-electron chi connectivity index (χ0n) is 14.2. The number of aromatic nitrogens is 3. The Balaban J connectivity index is 1.65. The predicted molar refractivity (Wildman–Crippen MR) is 88.0 cm³/mol. The van der Waals surface area contributed by atoms with E-state index in [0.717, 1.165) is 43.6 Å². The van der Waals surface area contributed by atoms with Gasteiger partial charge < -0.3 is 9.73 Å². The van der Waals surface area contributed by atoms with Gasteiger partial charge in [0.1, 0.15) is 11.8 Å². The van der Waals surface area contributed by atoms with Crippen LogP contribution in [0, 0.1) is 6.92 Å². The number of hydrogen-bond acceptors (Lipinski definition) is 6. The largest absolute Gasteiger partial charge is 0.449 e. The summed E-state index contributed by atoms with van der Waals surface area (Å²) in [5.41, 5.74) is 1.38. The molecule has 3 heterocycles. The molecule has 0 aromatic carbocycles. The first kappa shape index (κ1) is 16.6. The van der Waals surface area contributed by atoms with E-state index in [4.69, 9.17) is 4.42 Å². The van der Waals surface area contributed by atoms with Crippen LogP contribution in [0.5, 0.6) is 0 Å². The summed E-state index contributed by atoms with van der Waals surface area (Å²) in [5, 5.41) is 2.82. The van der Waals surface area contributed by atoms with Gasteiger partial charge in [-0.15, -0.1) is 0 Å². The molecule has 7 nitrogen and oxygen atoms in total. The van der Waals surface area contributed by atoms with Crippen molar-refractivity contribution >= 4 is 5.91 Å².